The highest BCUT2D eigenvalue weighted by atomic mass is 16.5. The maximum Gasteiger partial charge on any atom is 0.209 e. The zero-order chi connectivity index (χ0) is 21.3. The number of rotatable bonds is 7. The summed E-state index contributed by atoms with van der Waals surface area (Å²) < 4.78 is 13.6. The number of aromatic nitrogens is 2. The number of nitrogens with one attached hydrogen (secondary N) is 1. The zero-order valence-corrected chi connectivity index (χ0v) is 17.9. The lowest BCUT2D eigenvalue weighted by molar-refractivity contribution is -0.114. The van der Waals surface area contributed by atoms with E-state index in [1.165, 1.54) is 0 Å². The molecule has 0 fully saturated rings. The van der Waals surface area contributed by atoms with Crippen LogP contribution in [-0.4, -0.2) is 29.1 Å². The van der Waals surface area contributed by atoms with Gasteiger partial charge in [-0.15, -0.1) is 0 Å². The van der Waals surface area contributed by atoms with E-state index in [2.05, 4.69) is 16.8 Å². The van der Waals surface area contributed by atoms with Crippen LogP contribution in [0, 0.1) is 0 Å². The number of imidazole rings is 1. The Hall–Kier alpha value is -3.28. The first-order valence-electron chi connectivity index (χ1n) is 10.3. The quantitative estimate of drug-likeness (QED) is 0.554. The summed E-state index contributed by atoms with van der Waals surface area (Å²) in [6, 6.07) is 13.6. The molecule has 0 unspecified atom stereocenters. The number of anilines is 1. The van der Waals surface area contributed by atoms with Crippen molar-refractivity contribution in [2.24, 2.45) is 0 Å². The van der Waals surface area contributed by atoms with Gasteiger partial charge in [0.25, 0.3) is 0 Å². The molecule has 0 saturated carbocycles. The maximum absolute atomic E-state index is 12.7. The fourth-order valence-corrected chi connectivity index (χ4v) is 4.04. The highest BCUT2D eigenvalue weighted by molar-refractivity contribution is 5.97. The minimum absolute atomic E-state index is 0.0238. The number of methoxy groups -OCH3 is 1. The molecule has 2 aromatic carbocycles. The van der Waals surface area contributed by atoms with E-state index in [1.54, 1.807) is 14.0 Å². The Bertz CT molecular complexity index is 1130. The molecule has 0 aliphatic carbocycles. The molecular formula is C24H27N3O3. The summed E-state index contributed by atoms with van der Waals surface area (Å²) in [5.41, 5.74) is 4.34. The van der Waals surface area contributed by atoms with Gasteiger partial charge in [-0.25, -0.2) is 4.98 Å². The highest BCUT2D eigenvalue weighted by Gasteiger charge is 2.32. The molecule has 1 aromatic heterocycles. The normalized spacial score (nSPS) is 15.7. The Morgan fingerprint density at radius 3 is 2.73 bits per heavy atom. The third-order valence-electron chi connectivity index (χ3n) is 5.47. The lowest BCUT2D eigenvalue weighted by Crippen LogP contribution is -2.27. The number of hydrogen-bond acceptors (Lipinski definition) is 5. The Kier molecular flexibility index (Phi) is 5.48. The maximum atomic E-state index is 12.7. The summed E-state index contributed by atoms with van der Waals surface area (Å²) in [5, 5.41) is 3.31. The summed E-state index contributed by atoms with van der Waals surface area (Å²) in [4.78, 5) is 17.4. The molecule has 0 radical (unpaired) electrons. The van der Waals surface area contributed by atoms with Gasteiger partial charge in [0.05, 0.1) is 30.8 Å². The lowest BCUT2D eigenvalue weighted by Gasteiger charge is -2.30. The number of nitrogens with zero attached hydrogens (tertiary/aromatic N) is 2. The average molecular weight is 405 g/mol. The van der Waals surface area contributed by atoms with Crippen molar-refractivity contribution in [3.63, 3.8) is 0 Å². The van der Waals surface area contributed by atoms with Crippen LogP contribution in [0.3, 0.4) is 0 Å². The van der Waals surface area contributed by atoms with Crippen LogP contribution in [0.2, 0.25) is 0 Å². The molecular weight excluding hydrogens is 378 g/mol. The molecule has 0 spiro atoms. The molecule has 6 heteroatoms. The van der Waals surface area contributed by atoms with Crippen molar-refractivity contribution in [2.75, 3.05) is 19.0 Å². The van der Waals surface area contributed by atoms with Crippen molar-refractivity contribution < 1.29 is 14.3 Å². The van der Waals surface area contributed by atoms with Crippen LogP contribution in [0.5, 0.6) is 11.5 Å². The van der Waals surface area contributed by atoms with E-state index >= 15 is 0 Å². The third-order valence-corrected chi connectivity index (χ3v) is 5.47. The fraction of sp³-hybridized carbons (Fsp3) is 0.333. The topological polar surface area (TPSA) is 65.4 Å². The molecule has 156 valence electrons. The number of carbonyl (C=O) groups is 1. The van der Waals surface area contributed by atoms with Crippen LogP contribution in [0.4, 0.5) is 5.95 Å². The van der Waals surface area contributed by atoms with Crippen LogP contribution in [0.25, 0.3) is 11.0 Å². The van der Waals surface area contributed by atoms with Gasteiger partial charge in [0.1, 0.15) is 0 Å². The van der Waals surface area contributed by atoms with E-state index in [4.69, 9.17) is 14.5 Å². The lowest BCUT2D eigenvalue weighted by atomic mass is 9.92. The van der Waals surface area contributed by atoms with Gasteiger partial charge in [0.2, 0.25) is 5.95 Å². The molecule has 1 aliphatic heterocycles. The monoisotopic (exact) mass is 405 g/mol. The molecule has 0 amide bonds. The van der Waals surface area contributed by atoms with Gasteiger partial charge < -0.3 is 14.8 Å². The molecule has 0 bridgehead atoms. The standard InChI is InChI=1S/C24H27N3O3/c1-5-6-13-30-20-12-11-17(14-21(20)29-4)23-22(16(3)28)15(2)25-24-26-18-9-7-8-10-19(18)27(23)24/h7-12,14,23H,5-6,13H2,1-4H3,(H,25,26)/t23-/m0/s1. The molecule has 1 N–H and O–H groups in total. The third kappa shape index (κ3) is 3.43. The summed E-state index contributed by atoms with van der Waals surface area (Å²) in [7, 11) is 1.64. The predicted octanol–water partition coefficient (Wildman–Crippen LogP) is 5.10. The second-order valence-corrected chi connectivity index (χ2v) is 7.53. The van der Waals surface area contributed by atoms with Crippen molar-refractivity contribution in [1.29, 1.82) is 0 Å². The van der Waals surface area contributed by atoms with Crippen molar-refractivity contribution >= 4 is 22.8 Å². The Labute approximate surface area is 176 Å². The Morgan fingerprint density at radius 2 is 2.00 bits per heavy atom. The highest BCUT2D eigenvalue weighted by Crippen LogP contribution is 2.41. The summed E-state index contributed by atoms with van der Waals surface area (Å²) in [6.45, 7) is 6.31. The fourth-order valence-electron chi connectivity index (χ4n) is 4.04. The zero-order valence-electron chi connectivity index (χ0n) is 17.9. The van der Waals surface area contributed by atoms with Gasteiger partial charge in [0, 0.05) is 11.3 Å². The van der Waals surface area contributed by atoms with E-state index in [0.29, 0.717) is 23.7 Å². The van der Waals surface area contributed by atoms with E-state index in [1.807, 2.05) is 49.4 Å². The molecule has 6 nitrogen and oxygen atoms in total. The average Bonchev–Trinajstić information content (AvgIpc) is 3.10. The van der Waals surface area contributed by atoms with Gasteiger partial charge >= 0.3 is 0 Å². The second kappa shape index (κ2) is 8.22. The van der Waals surface area contributed by atoms with Crippen molar-refractivity contribution in [2.45, 2.75) is 39.7 Å². The number of benzene rings is 2. The summed E-state index contributed by atoms with van der Waals surface area (Å²) in [5.74, 6) is 2.12. The molecule has 1 atom stereocenters. The number of Topliss-reactive ketones (excluding diaryl/α,β-unsaturated/α-hetero) is 1. The number of ketones is 1. The van der Waals surface area contributed by atoms with Gasteiger partial charge in [-0.1, -0.05) is 31.5 Å². The number of fused-ring (bicyclic) bond motifs is 3. The minimum Gasteiger partial charge on any atom is -0.493 e. The molecule has 1 aliphatic rings. The van der Waals surface area contributed by atoms with Crippen LogP contribution in [0.1, 0.15) is 45.2 Å². The van der Waals surface area contributed by atoms with Crippen molar-refractivity contribution in [3.8, 4) is 11.5 Å². The largest absolute Gasteiger partial charge is 0.493 e. The SMILES string of the molecule is CCCCOc1ccc([C@H]2C(C(C)=O)=C(C)Nc3nc4ccccc4n32)cc1OC. The summed E-state index contributed by atoms with van der Waals surface area (Å²) >= 11 is 0. The Morgan fingerprint density at radius 1 is 1.20 bits per heavy atom. The molecule has 3 aromatic rings. The predicted molar refractivity (Wildman–Crippen MR) is 118 cm³/mol. The van der Waals surface area contributed by atoms with Crippen LogP contribution < -0.4 is 14.8 Å². The molecule has 30 heavy (non-hydrogen) atoms. The van der Waals surface area contributed by atoms with E-state index < -0.39 is 0 Å². The summed E-state index contributed by atoms with van der Waals surface area (Å²) in [6.07, 6.45) is 2.05. The first kappa shape index (κ1) is 20.0. The second-order valence-electron chi connectivity index (χ2n) is 7.53. The Balaban J connectivity index is 1.86. The van der Waals surface area contributed by atoms with E-state index in [0.717, 1.165) is 41.1 Å². The van der Waals surface area contributed by atoms with Crippen LogP contribution in [0.15, 0.2) is 53.7 Å². The van der Waals surface area contributed by atoms with Crippen molar-refractivity contribution in [3.05, 3.63) is 59.3 Å². The minimum atomic E-state index is -0.301. The van der Waals surface area contributed by atoms with E-state index in [9.17, 15) is 4.79 Å². The molecule has 4 rings (SSSR count). The number of allylic oxidation sites excluding steroid dienone is 2. The first-order chi connectivity index (χ1) is 14.5. The van der Waals surface area contributed by atoms with E-state index in [-0.39, 0.29) is 11.8 Å². The van der Waals surface area contributed by atoms with Crippen LogP contribution >= 0.6 is 0 Å². The number of carbonyl (C=O) groups excluding carboxylic acids is 1. The van der Waals surface area contributed by atoms with Gasteiger partial charge in [-0.3, -0.25) is 9.36 Å². The smallest absolute Gasteiger partial charge is 0.209 e. The van der Waals surface area contributed by atoms with Crippen LogP contribution in [-0.2, 0) is 4.79 Å². The van der Waals surface area contributed by atoms with Crippen molar-refractivity contribution in [1.82, 2.24) is 9.55 Å². The number of unbranched alkanes of at least 4 members (excludes halogenated alkanes) is 1. The van der Waals surface area contributed by atoms with Gasteiger partial charge in [-0.2, -0.15) is 0 Å². The molecule has 2 heterocycles. The van der Waals surface area contributed by atoms with Gasteiger partial charge in [0.15, 0.2) is 17.3 Å². The number of para-hydroxylation sites is 2. The first-order valence-corrected chi connectivity index (χ1v) is 10.3. The number of ether oxygens (including phenoxy) is 2. The van der Waals surface area contributed by atoms with Gasteiger partial charge in [-0.05, 0) is 50.1 Å². The number of hydrogen-bond donors (Lipinski definition) is 1. The molecule has 0 saturated heterocycles.